The summed E-state index contributed by atoms with van der Waals surface area (Å²) in [5.41, 5.74) is -0.470. The molecule has 1 aliphatic rings. The molecule has 152 valence electrons. The molecule has 1 aromatic carbocycles. The molecule has 28 heavy (non-hydrogen) atoms. The van der Waals surface area contributed by atoms with Crippen LogP contribution in [0.5, 0.6) is 0 Å². The van der Waals surface area contributed by atoms with Crippen LogP contribution in [0.1, 0.15) is 62.8 Å². The fraction of sp³-hybridized carbons (Fsp3) is 0.526. The Hall–Kier alpha value is -2.58. The van der Waals surface area contributed by atoms with Crippen LogP contribution in [0.3, 0.4) is 0 Å². The van der Waals surface area contributed by atoms with Gasteiger partial charge in [0.25, 0.3) is 0 Å². The maximum Gasteiger partial charge on any atom is 0.408 e. The molecule has 1 N–H and O–H groups in total. The summed E-state index contributed by atoms with van der Waals surface area (Å²) in [4.78, 5) is 12.2. The van der Waals surface area contributed by atoms with Crippen molar-refractivity contribution in [3.8, 4) is 0 Å². The zero-order valence-corrected chi connectivity index (χ0v) is 16.0. The summed E-state index contributed by atoms with van der Waals surface area (Å²) in [6.45, 7) is 4.56. The molecule has 0 spiro atoms. The monoisotopic (exact) mass is 396 g/mol. The molecule has 0 unspecified atom stereocenters. The number of ether oxygens (including phenoxy) is 1. The summed E-state index contributed by atoms with van der Waals surface area (Å²) in [5, 5.41) is 10.6. The second-order valence-corrected chi connectivity index (χ2v) is 7.83. The number of carbonyl (C=O) groups is 1. The molecule has 0 radical (unpaired) electrons. The molecular formula is C19H23F3N4O2. The van der Waals surface area contributed by atoms with Crippen molar-refractivity contribution < 1.29 is 22.7 Å². The Morgan fingerprint density at radius 2 is 2.04 bits per heavy atom. The molecule has 9 heteroatoms. The van der Waals surface area contributed by atoms with Crippen molar-refractivity contribution in [1.29, 1.82) is 0 Å². The van der Waals surface area contributed by atoms with E-state index in [0.717, 1.165) is 6.07 Å². The lowest BCUT2D eigenvalue weighted by Crippen LogP contribution is -2.35. The van der Waals surface area contributed by atoms with E-state index >= 15 is 0 Å². The van der Waals surface area contributed by atoms with Crippen LogP contribution in [-0.4, -0.2) is 26.5 Å². The highest BCUT2D eigenvalue weighted by Gasteiger charge is 2.32. The Morgan fingerprint density at radius 1 is 1.29 bits per heavy atom. The molecule has 2 atom stereocenters. The molecule has 1 amide bonds. The average molecular weight is 396 g/mol. The number of benzene rings is 1. The van der Waals surface area contributed by atoms with Crippen LogP contribution in [0.25, 0.3) is 0 Å². The SMILES string of the molecule is CC(C)(C)OC(=O)N[C@@H]1CC[C@@H](c2cccc(F)c2F)Cn2c(CF)nnc21. The topological polar surface area (TPSA) is 69.0 Å². The van der Waals surface area contributed by atoms with E-state index in [1.807, 2.05) is 0 Å². The maximum atomic E-state index is 14.3. The van der Waals surface area contributed by atoms with Gasteiger partial charge in [0.2, 0.25) is 0 Å². The van der Waals surface area contributed by atoms with E-state index < -0.39 is 42.0 Å². The first-order valence-corrected chi connectivity index (χ1v) is 9.11. The highest BCUT2D eigenvalue weighted by atomic mass is 19.2. The largest absolute Gasteiger partial charge is 0.444 e. The van der Waals surface area contributed by atoms with Gasteiger partial charge in [-0.3, -0.25) is 0 Å². The van der Waals surface area contributed by atoms with Gasteiger partial charge < -0.3 is 14.6 Å². The number of nitrogens with one attached hydrogen (secondary N) is 1. The predicted octanol–water partition coefficient (Wildman–Crippen LogP) is 4.17. The third-order valence-electron chi connectivity index (χ3n) is 4.61. The zero-order chi connectivity index (χ0) is 20.5. The molecule has 3 rings (SSSR count). The molecule has 1 aliphatic heterocycles. The van der Waals surface area contributed by atoms with E-state index in [1.54, 1.807) is 20.8 Å². The molecule has 0 aliphatic carbocycles. The van der Waals surface area contributed by atoms with Gasteiger partial charge in [0.1, 0.15) is 12.3 Å². The fourth-order valence-corrected chi connectivity index (χ4v) is 3.39. The van der Waals surface area contributed by atoms with Crippen LogP contribution in [0.2, 0.25) is 0 Å². The van der Waals surface area contributed by atoms with Crippen LogP contribution in [0.15, 0.2) is 18.2 Å². The van der Waals surface area contributed by atoms with E-state index in [0.29, 0.717) is 18.7 Å². The fourth-order valence-electron chi connectivity index (χ4n) is 3.39. The number of amides is 1. The van der Waals surface area contributed by atoms with Crippen molar-refractivity contribution in [2.75, 3.05) is 0 Å². The third kappa shape index (κ3) is 4.28. The van der Waals surface area contributed by atoms with Gasteiger partial charge in [-0.25, -0.2) is 18.0 Å². The number of hydrogen-bond acceptors (Lipinski definition) is 4. The van der Waals surface area contributed by atoms with Crippen molar-refractivity contribution in [1.82, 2.24) is 20.1 Å². The van der Waals surface area contributed by atoms with Crippen LogP contribution in [0.4, 0.5) is 18.0 Å². The van der Waals surface area contributed by atoms with E-state index in [1.165, 1.54) is 16.7 Å². The first-order chi connectivity index (χ1) is 13.2. The van der Waals surface area contributed by atoms with Gasteiger partial charge in [-0.05, 0) is 45.2 Å². The number of halogens is 3. The Morgan fingerprint density at radius 3 is 2.71 bits per heavy atom. The molecular weight excluding hydrogens is 373 g/mol. The van der Waals surface area contributed by atoms with E-state index in [2.05, 4.69) is 15.5 Å². The summed E-state index contributed by atoms with van der Waals surface area (Å²) >= 11 is 0. The molecule has 0 fully saturated rings. The number of fused-ring (bicyclic) bond motifs is 1. The standard InChI is InChI=1S/C19H23F3N4O2/c1-19(2,3)28-18(27)23-14-8-7-11(12-5-4-6-13(21)16(12)22)10-26-15(9-20)24-25-17(14)26/h4-6,11,14H,7-10H2,1-3H3,(H,23,27)/t11-,14-/m1/s1. The van der Waals surface area contributed by atoms with Crippen LogP contribution in [0, 0.1) is 11.6 Å². The number of alkyl carbamates (subject to hydrolysis) is 1. The molecule has 1 aromatic heterocycles. The Balaban J connectivity index is 1.90. The summed E-state index contributed by atoms with van der Waals surface area (Å²) in [6.07, 6.45) is 0.199. The molecule has 2 heterocycles. The number of carbonyl (C=O) groups excluding carboxylic acids is 1. The quantitative estimate of drug-likeness (QED) is 0.846. The minimum atomic E-state index is -0.931. The Kier molecular flexibility index (Phi) is 5.62. The minimum absolute atomic E-state index is 0.0784. The summed E-state index contributed by atoms with van der Waals surface area (Å²) < 4.78 is 48.2. The van der Waals surface area contributed by atoms with E-state index in [-0.39, 0.29) is 17.9 Å². The summed E-state index contributed by atoms with van der Waals surface area (Å²) in [6, 6.07) is 3.44. The van der Waals surface area contributed by atoms with Gasteiger partial charge in [-0.15, -0.1) is 10.2 Å². The zero-order valence-electron chi connectivity index (χ0n) is 16.0. The van der Waals surface area contributed by atoms with Crippen molar-refractivity contribution >= 4 is 6.09 Å². The average Bonchev–Trinajstić information content (AvgIpc) is 2.92. The summed E-state index contributed by atoms with van der Waals surface area (Å²) in [5.74, 6) is -1.81. The lowest BCUT2D eigenvalue weighted by atomic mass is 9.93. The number of alkyl halides is 1. The van der Waals surface area contributed by atoms with Gasteiger partial charge in [0, 0.05) is 12.5 Å². The lowest BCUT2D eigenvalue weighted by Gasteiger charge is -2.22. The van der Waals surface area contributed by atoms with Crippen molar-refractivity contribution in [2.24, 2.45) is 0 Å². The van der Waals surface area contributed by atoms with Crippen LogP contribution >= 0.6 is 0 Å². The molecule has 0 saturated carbocycles. The highest BCUT2D eigenvalue weighted by Crippen LogP contribution is 2.34. The molecule has 6 nitrogen and oxygen atoms in total. The Labute approximate surface area is 161 Å². The first-order valence-electron chi connectivity index (χ1n) is 9.11. The summed E-state index contributed by atoms with van der Waals surface area (Å²) in [7, 11) is 0. The van der Waals surface area contributed by atoms with E-state index in [4.69, 9.17) is 4.74 Å². The minimum Gasteiger partial charge on any atom is -0.444 e. The van der Waals surface area contributed by atoms with Gasteiger partial charge >= 0.3 is 6.09 Å². The van der Waals surface area contributed by atoms with Crippen molar-refractivity contribution in [2.45, 2.75) is 64.4 Å². The lowest BCUT2D eigenvalue weighted by molar-refractivity contribution is 0.0498. The van der Waals surface area contributed by atoms with Gasteiger partial charge in [0.15, 0.2) is 23.3 Å². The van der Waals surface area contributed by atoms with Crippen LogP contribution < -0.4 is 5.32 Å². The maximum absolute atomic E-state index is 14.3. The number of nitrogens with zero attached hydrogens (tertiary/aromatic N) is 3. The third-order valence-corrected chi connectivity index (χ3v) is 4.61. The second-order valence-electron chi connectivity index (χ2n) is 7.83. The highest BCUT2D eigenvalue weighted by molar-refractivity contribution is 5.68. The van der Waals surface area contributed by atoms with Gasteiger partial charge in [-0.2, -0.15) is 0 Å². The molecule has 2 aromatic rings. The molecule has 0 saturated heterocycles. The number of rotatable bonds is 3. The molecule has 0 bridgehead atoms. The number of aromatic nitrogens is 3. The first kappa shape index (κ1) is 20.2. The van der Waals surface area contributed by atoms with Crippen molar-refractivity contribution in [3.63, 3.8) is 0 Å². The van der Waals surface area contributed by atoms with Gasteiger partial charge in [-0.1, -0.05) is 12.1 Å². The Bertz CT molecular complexity index is 863. The van der Waals surface area contributed by atoms with Gasteiger partial charge in [0.05, 0.1) is 6.04 Å². The predicted molar refractivity (Wildman–Crippen MR) is 95.3 cm³/mol. The van der Waals surface area contributed by atoms with Crippen molar-refractivity contribution in [3.05, 3.63) is 47.0 Å². The number of hydrogen-bond donors (Lipinski definition) is 1. The smallest absolute Gasteiger partial charge is 0.408 e. The normalized spacial score (nSPS) is 19.6. The second kappa shape index (κ2) is 7.81. The van der Waals surface area contributed by atoms with E-state index in [9.17, 15) is 18.0 Å². The van der Waals surface area contributed by atoms with Crippen LogP contribution in [-0.2, 0) is 18.0 Å².